The second kappa shape index (κ2) is 10.3. The molecule has 0 unspecified atom stereocenters. The van der Waals surface area contributed by atoms with Crippen LogP contribution in [-0.4, -0.2) is 41.1 Å². The standard InChI is InChI=1S/C17H20N2O.C2HF3O2/c1-14(17(20)18-16-11-7-4-8-12-16)19(2)13-15-9-5-3-6-10-15;3-2(4,5)1(6)7/h3-12,14H,13H2,1-2H3,(H,18,20);(H,6,7)/t14-;/m0./s1. The van der Waals surface area contributed by atoms with Crippen LogP contribution in [0.4, 0.5) is 18.9 Å². The smallest absolute Gasteiger partial charge is 0.475 e. The maximum atomic E-state index is 12.2. The van der Waals surface area contributed by atoms with Crippen LogP contribution in [0, 0.1) is 0 Å². The molecule has 2 rings (SSSR count). The number of carbonyl (C=O) groups excluding carboxylic acids is 1. The number of benzene rings is 2. The SMILES string of the molecule is C[C@@H](C(=O)Nc1ccccc1)N(C)Cc1ccccc1.O=C(O)C(F)(F)F. The molecule has 5 nitrogen and oxygen atoms in total. The number of anilines is 1. The highest BCUT2D eigenvalue weighted by atomic mass is 19.4. The number of halogens is 3. The molecule has 2 aromatic carbocycles. The van der Waals surface area contributed by atoms with E-state index >= 15 is 0 Å². The predicted molar refractivity (Wildman–Crippen MR) is 96.1 cm³/mol. The Morgan fingerprint density at radius 2 is 1.48 bits per heavy atom. The van der Waals surface area contributed by atoms with Crippen molar-refractivity contribution in [2.75, 3.05) is 12.4 Å². The van der Waals surface area contributed by atoms with Crippen molar-refractivity contribution in [2.45, 2.75) is 25.7 Å². The minimum Gasteiger partial charge on any atom is -0.475 e. The first-order chi connectivity index (χ1) is 12.6. The lowest BCUT2D eigenvalue weighted by Crippen LogP contribution is -2.39. The molecular weight excluding hydrogens is 361 g/mol. The number of hydrogen-bond donors (Lipinski definition) is 2. The van der Waals surface area contributed by atoms with E-state index in [1.165, 1.54) is 5.56 Å². The molecule has 0 bridgehead atoms. The number of likely N-dealkylation sites (N-methyl/N-ethyl adjacent to an activating group) is 1. The van der Waals surface area contributed by atoms with E-state index in [0.717, 1.165) is 12.2 Å². The Kier molecular flexibility index (Phi) is 8.47. The van der Waals surface area contributed by atoms with Gasteiger partial charge in [0, 0.05) is 12.2 Å². The van der Waals surface area contributed by atoms with Gasteiger partial charge in [-0.05, 0) is 31.7 Å². The number of aliphatic carboxylic acids is 1. The minimum absolute atomic E-state index is 0.00892. The van der Waals surface area contributed by atoms with E-state index in [-0.39, 0.29) is 11.9 Å². The van der Waals surface area contributed by atoms with Crippen molar-refractivity contribution in [2.24, 2.45) is 0 Å². The molecular formula is C19H21F3N2O3. The summed E-state index contributed by atoms with van der Waals surface area (Å²) in [5.74, 6) is -2.75. The lowest BCUT2D eigenvalue weighted by atomic mass is 10.2. The Bertz CT molecular complexity index is 722. The van der Waals surface area contributed by atoms with Crippen molar-refractivity contribution < 1.29 is 27.9 Å². The molecule has 2 aromatic rings. The summed E-state index contributed by atoms with van der Waals surface area (Å²) in [6.45, 7) is 2.67. The van der Waals surface area contributed by atoms with Gasteiger partial charge in [-0.15, -0.1) is 0 Å². The van der Waals surface area contributed by atoms with Gasteiger partial charge < -0.3 is 10.4 Å². The third-order valence-corrected chi connectivity index (χ3v) is 3.60. The van der Waals surface area contributed by atoms with E-state index in [1.807, 2.05) is 67.4 Å². The number of carboxylic acid groups (broad SMARTS) is 1. The summed E-state index contributed by atoms with van der Waals surface area (Å²) >= 11 is 0. The number of hydrogen-bond acceptors (Lipinski definition) is 3. The average Bonchev–Trinajstić information content (AvgIpc) is 2.62. The summed E-state index contributed by atoms with van der Waals surface area (Å²) in [6, 6.07) is 19.5. The second-order valence-corrected chi connectivity index (χ2v) is 5.73. The lowest BCUT2D eigenvalue weighted by molar-refractivity contribution is -0.192. The van der Waals surface area contributed by atoms with Crippen molar-refractivity contribution in [1.29, 1.82) is 0 Å². The Balaban J connectivity index is 0.000000445. The molecule has 2 N–H and O–H groups in total. The van der Waals surface area contributed by atoms with Gasteiger partial charge in [0.05, 0.1) is 6.04 Å². The van der Waals surface area contributed by atoms with Crippen LogP contribution in [0.2, 0.25) is 0 Å². The molecule has 146 valence electrons. The molecule has 1 amide bonds. The van der Waals surface area contributed by atoms with Crippen molar-refractivity contribution in [3.05, 3.63) is 66.2 Å². The summed E-state index contributed by atoms with van der Waals surface area (Å²) in [6.07, 6.45) is -5.08. The van der Waals surface area contributed by atoms with Crippen LogP contribution in [0.5, 0.6) is 0 Å². The fraction of sp³-hybridized carbons (Fsp3) is 0.263. The Hall–Kier alpha value is -2.87. The quantitative estimate of drug-likeness (QED) is 0.826. The molecule has 27 heavy (non-hydrogen) atoms. The molecule has 0 aliphatic carbocycles. The zero-order chi connectivity index (χ0) is 20.4. The highest BCUT2D eigenvalue weighted by Gasteiger charge is 2.38. The van der Waals surface area contributed by atoms with Gasteiger partial charge in [-0.1, -0.05) is 48.5 Å². The van der Waals surface area contributed by atoms with E-state index in [2.05, 4.69) is 17.4 Å². The van der Waals surface area contributed by atoms with Crippen LogP contribution in [0.25, 0.3) is 0 Å². The largest absolute Gasteiger partial charge is 0.490 e. The van der Waals surface area contributed by atoms with Gasteiger partial charge >= 0.3 is 12.1 Å². The number of nitrogens with one attached hydrogen (secondary N) is 1. The molecule has 0 radical (unpaired) electrons. The highest BCUT2D eigenvalue weighted by molar-refractivity contribution is 5.94. The van der Waals surface area contributed by atoms with Crippen LogP contribution >= 0.6 is 0 Å². The van der Waals surface area contributed by atoms with E-state index in [0.29, 0.717) is 0 Å². The number of rotatable bonds is 5. The fourth-order valence-electron chi connectivity index (χ4n) is 1.98. The lowest BCUT2D eigenvalue weighted by Gasteiger charge is -2.24. The second-order valence-electron chi connectivity index (χ2n) is 5.73. The summed E-state index contributed by atoms with van der Waals surface area (Å²) < 4.78 is 31.7. The summed E-state index contributed by atoms with van der Waals surface area (Å²) in [5.41, 5.74) is 2.03. The number of para-hydroxylation sites is 1. The van der Waals surface area contributed by atoms with Crippen LogP contribution in [0.15, 0.2) is 60.7 Å². The van der Waals surface area contributed by atoms with Gasteiger partial charge in [-0.25, -0.2) is 4.79 Å². The first-order valence-corrected chi connectivity index (χ1v) is 8.01. The number of carboxylic acids is 1. The average molecular weight is 382 g/mol. The van der Waals surface area contributed by atoms with Gasteiger partial charge in [0.2, 0.25) is 5.91 Å². The first kappa shape index (κ1) is 22.2. The Labute approximate surface area is 155 Å². The highest BCUT2D eigenvalue weighted by Crippen LogP contribution is 2.13. The maximum absolute atomic E-state index is 12.2. The van der Waals surface area contributed by atoms with Crippen molar-refractivity contribution in [1.82, 2.24) is 4.90 Å². The van der Waals surface area contributed by atoms with Gasteiger partial charge in [-0.3, -0.25) is 9.69 Å². The summed E-state index contributed by atoms with van der Waals surface area (Å²) in [5, 5.41) is 10.1. The topological polar surface area (TPSA) is 69.6 Å². The van der Waals surface area contributed by atoms with Crippen molar-refractivity contribution in [3.8, 4) is 0 Å². The molecule has 0 aliphatic heterocycles. The summed E-state index contributed by atoms with van der Waals surface area (Å²) in [4.78, 5) is 23.1. The Morgan fingerprint density at radius 1 is 1.04 bits per heavy atom. The Morgan fingerprint density at radius 3 is 1.93 bits per heavy atom. The van der Waals surface area contributed by atoms with Crippen molar-refractivity contribution in [3.63, 3.8) is 0 Å². The molecule has 0 saturated heterocycles. The van der Waals surface area contributed by atoms with Gasteiger partial charge in [0.15, 0.2) is 0 Å². The van der Waals surface area contributed by atoms with Crippen LogP contribution < -0.4 is 5.32 Å². The molecule has 0 spiro atoms. The number of alkyl halides is 3. The van der Waals surface area contributed by atoms with Gasteiger partial charge in [-0.2, -0.15) is 13.2 Å². The van der Waals surface area contributed by atoms with Crippen LogP contribution in [-0.2, 0) is 16.1 Å². The maximum Gasteiger partial charge on any atom is 0.490 e. The van der Waals surface area contributed by atoms with Crippen LogP contribution in [0.1, 0.15) is 12.5 Å². The number of amides is 1. The molecule has 0 aromatic heterocycles. The number of carbonyl (C=O) groups is 2. The van der Waals surface area contributed by atoms with E-state index < -0.39 is 12.1 Å². The molecule has 0 aliphatic rings. The molecule has 1 atom stereocenters. The molecule has 0 saturated carbocycles. The first-order valence-electron chi connectivity index (χ1n) is 8.01. The van der Waals surface area contributed by atoms with Gasteiger partial charge in [0.1, 0.15) is 0 Å². The fourth-order valence-corrected chi connectivity index (χ4v) is 1.98. The monoisotopic (exact) mass is 382 g/mol. The van der Waals surface area contributed by atoms with Gasteiger partial charge in [0.25, 0.3) is 0 Å². The zero-order valence-corrected chi connectivity index (χ0v) is 14.9. The number of nitrogens with zero attached hydrogens (tertiary/aromatic N) is 1. The third kappa shape index (κ3) is 8.37. The molecule has 8 heteroatoms. The van der Waals surface area contributed by atoms with Crippen molar-refractivity contribution >= 4 is 17.6 Å². The van der Waals surface area contributed by atoms with E-state index in [1.54, 1.807) is 0 Å². The zero-order valence-electron chi connectivity index (χ0n) is 14.9. The summed E-state index contributed by atoms with van der Waals surface area (Å²) in [7, 11) is 1.96. The van der Waals surface area contributed by atoms with E-state index in [9.17, 15) is 18.0 Å². The molecule has 0 fully saturated rings. The minimum atomic E-state index is -5.08. The third-order valence-electron chi connectivity index (χ3n) is 3.60. The normalized spacial score (nSPS) is 11.9. The van der Waals surface area contributed by atoms with Crippen LogP contribution in [0.3, 0.4) is 0 Å². The van der Waals surface area contributed by atoms with E-state index in [4.69, 9.17) is 9.90 Å². The predicted octanol–water partition coefficient (Wildman–Crippen LogP) is 3.78. The molecule has 0 heterocycles.